The van der Waals surface area contributed by atoms with E-state index in [9.17, 15) is 0 Å². The molecule has 1 aliphatic rings. The zero-order valence-electron chi connectivity index (χ0n) is 18.6. The van der Waals surface area contributed by atoms with E-state index >= 15 is 0 Å². The first-order valence-electron chi connectivity index (χ1n) is 11.7. The number of ether oxygens (including phenoxy) is 1. The van der Waals surface area contributed by atoms with E-state index < -0.39 is 0 Å². The monoisotopic (exact) mass is 450 g/mol. The molecule has 8 rings (SSSR count). The van der Waals surface area contributed by atoms with Crippen molar-refractivity contribution >= 4 is 32.7 Å². The van der Waals surface area contributed by atoms with Gasteiger partial charge in [-0.1, -0.05) is 48.5 Å². The highest BCUT2D eigenvalue weighted by atomic mass is 16.5. The fourth-order valence-electron chi connectivity index (χ4n) is 5.24. The average Bonchev–Trinajstić information content (AvgIpc) is 3.54. The molecule has 0 radical (unpaired) electrons. The highest BCUT2D eigenvalue weighted by Crippen LogP contribution is 2.47. The lowest BCUT2D eigenvalue weighted by Gasteiger charge is -2.21. The summed E-state index contributed by atoms with van der Waals surface area (Å²) in [6.07, 6.45) is 0. The lowest BCUT2D eigenvalue weighted by Crippen LogP contribution is -1.97. The van der Waals surface area contributed by atoms with Gasteiger partial charge in [0.05, 0.1) is 0 Å². The second-order valence-electron chi connectivity index (χ2n) is 8.95. The molecule has 3 nitrogen and oxygen atoms in total. The molecule has 0 fully saturated rings. The van der Waals surface area contributed by atoms with E-state index in [1.54, 1.807) is 0 Å². The van der Waals surface area contributed by atoms with Gasteiger partial charge in [0.1, 0.15) is 34.2 Å². The fourth-order valence-corrected chi connectivity index (χ4v) is 5.24. The van der Waals surface area contributed by atoms with E-state index in [0.717, 1.165) is 67.0 Å². The summed E-state index contributed by atoms with van der Waals surface area (Å²) in [6.45, 7) is 0. The van der Waals surface area contributed by atoms with Crippen LogP contribution in [0.5, 0.6) is 11.5 Å². The fraction of sp³-hybridized carbons (Fsp3) is 0. The van der Waals surface area contributed by atoms with E-state index in [-0.39, 0.29) is 0 Å². The minimum Gasteiger partial charge on any atom is -0.456 e. The normalized spacial score (nSPS) is 12.2. The third kappa shape index (κ3) is 2.72. The maximum absolute atomic E-state index is 6.36. The molecule has 0 saturated carbocycles. The van der Waals surface area contributed by atoms with E-state index in [1.165, 1.54) is 10.9 Å². The Morgan fingerprint density at radius 1 is 0.457 bits per heavy atom. The van der Waals surface area contributed by atoms with Gasteiger partial charge in [0, 0.05) is 32.8 Å². The van der Waals surface area contributed by atoms with Crippen LogP contribution in [0.15, 0.2) is 118 Å². The molecule has 0 spiro atoms. The first-order valence-corrected chi connectivity index (χ1v) is 11.7. The summed E-state index contributed by atoms with van der Waals surface area (Å²) in [4.78, 5) is 0. The Labute approximate surface area is 200 Å². The van der Waals surface area contributed by atoms with Crippen molar-refractivity contribution in [1.82, 2.24) is 0 Å². The van der Waals surface area contributed by atoms with Crippen molar-refractivity contribution in [2.24, 2.45) is 0 Å². The van der Waals surface area contributed by atoms with Gasteiger partial charge in [0.25, 0.3) is 0 Å². The molecule has 5 aromatic carbocycles. The van der Waals surface area contributed by atoms with Gasteiger partial charge in [-0.05, 0) is 71.6 Å². The van der Waals surface area contributed by atoms with E-state index in [0.29, 0.717) is 0 Å². The van der Waals surface area contributed by atoms with Crippen molar-refractivity contribution in [3.63, 3.8) is 0 Å². The molecule has 3 heterocycles. The highest BCUT2D eigenvalue weighted by molar-refractivity contribution is 6.06. The minimum atomic E-state index is 0.825. The van der Waals surface area contributed by atoms with Crippen molar-refractivity contribution in [3.05, 3.63) is 109 Å². The van der Waals surface area contributed by atoms with Crippen LogP contribution < -0.4 is 4.74 Å². The molecular formula is C32H18O3. The molecule has 0 aliphatic carbocycles. The van der Waals surface area contributed by atoms with E-state index in [1.807, 2.05) is 60.7 Å². The van der Waals surface area contributed by atoms with Crippen LogP contribution in [0.25, 0.3) is 66.5 Å². The number of rotatable bonds is 2. The van der Waals surface area contributed by atoms with Gasteiger partial charge in [-0.25, -0.2) is 0 Å². The van der Waals surface area contributed by atoms with Crippen LogP contribution >= 0.6 is 0 Å². The summed E-state index contributed by atoms with van der Waals surface area (Å²) in [6, 6.07) is 37.2. The summed E-state index contributed by atoms with van der Waals surface area (Å²) in [7, 11) is 0. The van der Waals surface area contributed by atoms with E-state index in [2.05, 4.69) is 48.5 Å². The second-order valence-corrected chi connectivity index (χ2v) is 8.95. The second kappa shape index (κ2) is 6.87. The van der Waals surface area contributed by atoms with Crippen molar-refractivity contribution in [2.75, 3.05) is 0 Å². The Morgan fingerprint density at radius 3 is 2.14 bits per heavy atom. The highest BCUT2D eigenvalue weighted by Gasteiger charge is 2.21. The molecule has 7 aromatic rings. The molecule has 0 N–H and O–H groups in total. The molecule has 0 atom stereocenters. The number of hydrogen-bond acceptors (Lipinski definition) is 3. The van der Waals surface area contributed by atoms with Gasteiger partial charge in [0.15, 0.2) is 0 Å². The van der Waals surface area contributed by atoms with Crippen molar-refractivity contribution < 1.29 is 13.6 Å². The molecular weight excluding hydrogens is 432 g/mol. The zero-order chi connectivity index (χ0) is 22.9. The number of furan rings is 2. The van der Waals surface area contributed by atoms with Crippen molar-refractivity contribution in [3.8, 4) is 45.3 Å². The topological polar surface area (TPSA) is 35.5 Å². The third-order valence-electron chi connectivity index (χ3n) is 6.91. The van der Waals surface area contributed by atoms with Crippen LogP contribution in [0.1, 0.15) is 0 Å². The Bertz CT molecular complexity index is 1930. The summed E-state index contributed by atoms with van der Waals surface area (Å²) < 4.78 is 18.6. The van der Waals surface area contributed by atoms with Gasteiger partial charge < -0.3 is 13.6 Å². The lowest BCUT2D eigenvalue weighted by molar-refractivity contribution is 0.487. The Balaban J connectivity index is 1.23. The number of fused-ring (bicyclic) bond motifs is 5. The van der Waals surface area contributed by atoms with Crippen LogP contribution in [0.2, 0.25) is 0 Å². The van der Waals surface area contributed by atoms with Gasteiger partial charge in [0.2, 0.25) is 0 Å². The first kappa shape index (κ1) is 18.6. The molecule has 0 bridgehead atoms. The predicted octanol–water partition coefficient (Wildman–Crippen LogP) is 9.44. The summed E-state index contributed by atoms with van der Waals surface area (Å²) in [5.41, 5.74) is 6.08. The first-order chi connectivity index (χ1) is 17.3. The SMILES string of the molecule is c1cc2c3c(cccc3c1)-c1cc(-c3ccc(-c4ccc5oc6ccccc6c5c4)o3)ccc1O2. The maximum atomic E-state index is 6.36. The minimum absolute atomic E-state index is 0.825. The number of benzene rings is 5. The molecule has 1 aliphatic heterocycles. The summed E-state index contributed by atoms with van der Waals surface area (Å²) in [5.74, 6) is 3.42. The zero-order valence-corrected chi connectivity index (χ0v) is 18.6. The van der Waals surface area contributed by atoms with E-state index in [4.69, 9.17) is 13.6 Å². The molecule has 0 amide bonds. The standard InChI is InChI=1S/C32H18O3/c1-2-9-28-22(7-1)24-17-20(11-13-29(24)34-28)26-15-16-27(33-26)21-12-14-30-25(18-21)23-8-3-5-19-6-4-10-31(35-30)32(19)23/h1-18H. The Morgan fingerprint density at radius 2 is 1.23 bits per heavy atom. The number of hydrogen-bond donors (Lipinski definition) is 0. The van der Waals surface area contributed by atoms with Crippen LogP contribution in [0.3, 0.4) is 0 Å². The number of para-hydroxylation sites is 1. The Kier molecular flexibility index (Phi) is 3.66. The molecule has 3 heteroatoms. The van der Waals surface area contributed by atoms with Gasteiger partial charge in [-0.2, -0.15) is 0 Å². The van der Waals surface area contributed by atoms with Crippen LogP contribution in [0, 0.1) is 0 Å². The van der Waals surface area contributed by atoms with Gasteiger partial charge >= 0.3 is 0 Å². The van der Waals surface area contributed by atoms with Gasteiger partial charge in [-0.3, -0.25) is 0 Å². The maximum Gasteiger partial charge on any atom is 0.135 e. The predicted molar refractivity (Wildman–Crippen MR) is 140 cm³/mol. The lowest BCUT2D eigenvalue weighted by atomic mass is 9.93. The average molecular weight is 450 g/mol. The molecule has 35 heavy (non-hydrogen) atoms. The molecule has 164 valence electrons. The van der Waals surface area contributed by atoms with Crippen LogP contribution in [-0.4, -0.2) is 0 Å². The smallest absolute Gasteiger partial charge is 0.135 e. The van der Waals surface area contributed by atoms with Crippen LogP contribution in [0.4, 0.5) is 0 Å². The van der Waals surface area contributed by atoms with Crippen molar-refractivity contribution in [1.29, 1.82) is 0 Å². The molecule has 0 saturated heterocycles. The molecule has 0 unspecified atom stereocenters. The third-order valence-corrected chi connectivity index (χ3v) is 6.91. The van der Waals surface area contributed by atoms with Crippen molar-refractivity contribution in [2.45, 2.75) is 0 Å². The molecule has 2 aromatic heterocycles. The Hall–Kier alpha value is -4.76. The van der Waals surface area contributed by atoms with Gasteiger partial charge in [-0.15, -0.1) is 0 Å². The summed E-state index contributed by atoms with van der Waals surface area (Å²) in [5, 5.41) is 4.54. The summed E-state index contributed by atoms with van der Waals surface area (Å²) >= 11 is 0. The van der Waals surface area contributed by atoms with Crippen LogP contribution in [-0.2, 0) is 0 Å². The largest absolute Gasteiger partial charge is 0.456 e. The quantitative estimate of drug-likeness (QED) is 0.263.